The van der Waals surface area contributed by atoms with E-state index in [1.54, 1.807) is 24.3 Å². The molecule has 0 atom stereocenters. The molecule has 2 heterocycles. The second kappa shape index (κ2) is 7.40. The zero-order valence-corrected chi connectivity index (χ0v) is 16.4. The normalized spacial score (nSPS) is 11.2. The number of hydrogen-bond acceptors (Lipinski definition) is 5. The van der Waals surface area contributed by atoms with Gasteiger partial charge >= 0.3 is 0 Å². The second-order valence-electron chi connectivity index (χ2n) is 5.45. The first-order valence-electron chi connectivity index (χ1n) is 7.62. The fraction of sp³-hybridized carbons (Fsp3) is 0.0556. The number of Topliss-reactive ketones (excluding diaryl/α,β-unsaturated/α-hetero) is 1. The highest BCUT2D eigenvalue weighted by Crippen LogP contribution is 2.30. The highest BCUT2D eigenvalue weighted by Gasteiger charge is 2.16. The van der Waals surface area contributed by atoms with Crippen molar-refractivity contribution in [3.63, 3.8) is 0 Å². The van der Waals surface area contributed by atoms with E-state index in [2.05, 4.69) is 10.2 Å². The number of fused-ring (bicyclic) bond motifs is 1. The van der Waals surface area contributed by atoms with Crippen molar-refractivity contribution >= 4 is 57.0 Å². The zero-order chi connectivity index (χ0) is 18.1. The van der Waals surface area contributed by atoms with Crippen LogP contribution in [0.5, 0.6) is 0 Å². The SMILES string of the molecule is O=C(CSc1nnc2scc(-c3ccc(Cl)cc3)n12)c1ccc(Cl)cc1. The molecule has 0 saturated heterocycles. The molecule has 2 aromatic carbocycles. The summed E-state index contributed by atoms with van der Waals surface area (Å²) in [5.74, 6) is 0.296. The third kappa shape index (κ3) is 3.50. The third-order valence-corrected chi connectivity index (χ3v) is 6.01. The lowest BCUT2D eigenvalue weighted by Gasteiger charge is -2.04. The molecule has 0 radical (unpaired) electrons. The third-order valence-electron chi connectivity index (χ3n) is 3.76. The standard InChI is InChI=1S/C18H11Cl2N3OS2/c19-13-5-1-11(2-6-13)15-9-25-17-21-22-18(23(15)17)26-10-16(24)12-3-7-14(20)8-4-12/h1-9H,10H2. The number of carbonyl (C=O) groups excluding carboxylic acids is 1. The van der Waals surface area contributed by atoms with E-state index >= 15 is 0 Å². The van der Waals surface area contributed by atoms with Gasteiger partial charge in [0.2, 0.25) is 4.96 Å². The minimum Gasteiger partial charge on any atom is -0.293 e. The van der Waals surface area contributed by atoms with Crippen molar-refractivity contribution in [2.45, 2.75) is 5.16 Å². The summed E-state index contributed by atoms with van der Waals surface area (Å²) in [6, 6.07) is 14.5. The monoisotopic (exact) mass is 419 g/mol. The molecule has 0 amide bonds. The number of thioether (sulfide) groups is 1. The maximum atomic E-state index is 12.4. The summed E-state index contributed by atoms with van der Waals surface area (Å²) in [6.45, 7) is 0. The quantitative estimate of drug-likeness (QED) is 0.305. The molecule has 0 aliphatic rings. The Labute approximate surface area is 167 Å². The molecule has 0 spiro atoms. The van der Waals surface area contributed by atoms with Gasteiger partial charge in [0.1, 0.15) is 0 Å². The molecular weight excluding hydrogens is 409 g/mol. The van der Waals surface area contributed by atoms with Crippen molar-refractivity contribution < 1.29 is 4.79 Å². The Kier molecular flexibility index (Phi) is 5.00. The van der Waals surface area contributed by atoms with Crippen LogP contribution in [0.15, 0.2) is 59.1 Å². The van der Waals surface area contributed by atoms with Gasteiger partial charge in [-0.15, -0.1) is 21.5 Å². The van der Waals surface area contributed by atoms with Gasteiger partial charge in [-0.3, -0.25) is 9.20 Å². The molecule has 26 heavy (non-hydrogen) atoms. The number of rotatable bonds is 5. The number of halogens is 2. The first-order valence-corrected chi connectivity index (χ1v) is 10.2. The fourth-order valence-corrected chi connectivity index (χ4v) is 4.45. The van der Waals surface area contributed by atoms with Crippen molar-refractivity contribution in [1.82, 2.24) is 14.6 Å². The largest absolute Gasteiger partial charge is 0.293 e. The van der Waals surface area contributed by atoms with Crippen LogP contribution in [-0.2, 0) is 0 Å². The van der Waals surface area contributed by atoms with Crippen LogP contribution >= 0.6 is 46.3 Å². The topological polar surface area (TPSA) is 47.3 Å². The van der Waals surface area contributed by atoms with E-state index in [1.165, 1.54) is 23.1 Å². The number of nitrogens with zero attached hydrogens (tertiary/aromatic N) is 3. The molecule has 4 nitrogen and oxygen atoms in total. The molecule has 0 bridgehead atoms. The van der Waals surface area contributed by atoms with Gasteiger partial charge in [-0.25, -0.2) is 0 Å². The molecule has 0 aliphatic heterocycles. The van der Waals surface area contributed by atoms with Crippen molar-refractivity contribution in [2.24, 2.45) is 0 Å². The number of ketones is 1. The van der Waals surface area contributed by atoms with Gasteiger partial charge in [0.15, 0.2) is 10.9 Å². The van der Waals surface area contributed by atoms with Gasteiger partial charge in [-0.05, 0) is 42.0 Å². The highest BCUT2D eigenvalue weighted by molar-refractivity contribution is 7.99. The van der Waals surface area contributed by atoms with Crippen molar-refractivity contribution in [3.05, 3.63) is 69.5 Å². The minimum atomic E-state index is 0.0201. The van der Waals surface area contributed by atoms with E-state index in [4.69, 9.17) is 23.2 Å². The van der Waals surface area contributed by atoms with Crippen LogP contribution in [-0.4, -0.2) is 26.1 Å². The zero-order valence-electron chi connectivity index (χ0n) is 13.2. The Hall–Kier alpha value is -1.86. The smallest absolute Gasteiger partial charge is 0.217 e. The summed E-state index contributed by atoms with van der Waals surface area (Å²) in [6.07, 6.45) is 0. The van der Waals surface area contributed by atoms with E-state index < -0.39 is 0 Å². The predicted octanol–water partition coefficient (Wildman–Crippen LogP) is 5.74. The molecule has 4 aromatic rings. The van der Waals surface area contributed by atoms with Crippen LogP contribution in [0.1, 0.15) is 10.4 Å². The van der Waals surface area contributed by atoms with Crippen molar-refractivity contribution in [3.8, 4) is 11.3 Å². The molecule has 130 valence electrons. The molecule has 0 fully saturated rings. The van der Waals surface area contributed by atoms with Crippen LogP contribution in [0, 0.1) is 0 Å². The van der Waals surface area contributed by atoms with E-state index in [1.807, 2.05) is 34.0 Å². The fourth-order valence-electron chi connectivity index (χ4n) is 2.46. The maximum absolute atomic E-state index is 12.4. The van der Waals surface area contributed by atoms with E-state index in [-0.39, 0.29) is 11.5 Å². The molecule has 2 aromatic heterocycles. The molecule has 0 N–H and O–H groups in total. The Bertz CT molecular complexity index is 1070. The first-order chi connectivity index (χ1) is 12.6. The van der Waals surface area contributed by atoms with Crippen LogP contribution < -0.4 is 0 Å². The molecule has 0 aliphatic carbocycles. The Morgan fingerprint density at radius 1 is 1.00 bits per heavy atom. The number of thiazole rings is 1. The summed E-state index contributed by atoms with van der Waals surface area (Å²) in [7, 11) is 0. The summed E-state index contributed by atoms with van der Waals surface area (Å²) >= 11 is 14.7. The molecule has 4 rings (SSSR count). The van der Waals surface area contributed by atoms with Crippen LogP contribution in [0.4, 0.5) is 0 Å². The number of aromatic nitrogens is 3. The van der Waals surface area contributed by atoms with Gasteiger partial charge in [0.05, 0.1) is 11.4 Å². The number of hydrogen-bond donors (Lipinski definition) is 0. The lowest BCUT2D eigenvalue weighted by Crippen LogP contribution is -2.03. The average Bonchev–Trinajstić information content (AvgIpc) is 3.23. The van der Waals surface area contributed by atoms with Crippen LogP contribution in [0.25, 0.3) is 16.2 Å². The first kappa shape index (κ1) is 17.5. The van der Waals surface area contributed by atoms with E-state index in [0.29, 0.717) is 20.8 Å². The van der Waals surface area contributed by atoms with Gasteiger partial charge in [-0.1, -0.05) is 47.1 Å². The lowest BCUT2D eigenvalue weighted by molar-refractivity contribution is 0.102. The van der Waals surface area contributed by atoms with Gasteiger partial charge in [-0.2, -0.15) is 0 Å². The van der Waals surface area contributed by atoms with E-state index in [9.17, 15) is 4.79 Å². The molecule has 0 unspecified atom stereocenters. The average molecular weight is 420 g/mol. The summed E-state index contributed by atoms with van der Waals surface area (Å²) in [4.78, 5) is 13.2. The second-order valence-corrected chi connectivity index (χ2v) is 8.10. The van der Waals surface area contributed by atoms with Gasteiger partial charge in [0.25, 0.3) is 0 Å². The lowest BCUT2D eigenvalue weighted by atomic mass is 10.1. The Morgan fingerprint density at radius 3 is 2.35 bits per heavy atom. The summed E-state index contributed by atoms with van der Waals surface area (Å²) in [5, 5.41) is 12.4. The van der Waals surface area contributed by atoms with Crippen LogP contribution in [0.3, 0.4) is 0 Å². The summed E-state index contributed by atoms with van der Waals surface area (Å²) in [5.41, 5.74) is 2.63. The minimum absolute atomic E-state index is 0.0201. The summed E-state index contributed by atoms with van der Waals surface area (Å²) < 4.78 is 1.97. The Balaban J connectivity index is 1.59. The van der Waals surface area contributed by atoms with Crippen LogP contribution in [0.2, 0.25) is 10.0 Å². The molecule has 8 heteroatoms. The van der Waals surface area contributed by atoms with Crippen molar-refractivity contribution in [1.29, 1.82) is 0 Å². The van der Waals surface area contributed by atoms with Gasteiger partial charge < -0.3 is 0 Å². The van der Waals surface area contributed by atoms with Gasteiger partial charge in [0, 0.05) is 21.0 Å². The van der Waals surface area contributed by atoms with E-state index in [0.717, 1.165) is 16.2 Å². The Morgan fingerprint density at radius 2 is 1.65 bits per heavy atom. The predicted molar refractivity (Wildman–Crippen MR) is 108 cm³/mol. The number of carbonyl (C=O) groups is 1. The molecular formula is C18H11Cl2N3OS2. The molecule has 0 saturated carbocycles. The highest BCUT2D eigenvalue weighted by atomic mass is 35.5. The number of benzene rings is 2. The van der Waals surface area contributed by atoms with Crippen molar-refractivity contribution in [2.75, 3.05) is 5.75 Å². The maximum Gasteiger partial charge on any atom is 0.217 e.